The number of fused-ring (bicyclic) bond motifs is 1. The number of aromatic nitrogens is 1. The molecule has 0 fully saturated rings. The number of halogens is 2. The minimum Gasteiger partial charge on any atom is -0.315 e. The fraction of sp³-hybridized carbons (Fsp3) is 0.222. The molecule has 8 heteroatoms. The molecular weight excluding hydrogens is 397 g/mol. The molecule has 0 aliphatic heterocycles. The molecule has 0 saturated heterocycles. The normalized spacial score (nSPS) is 12.0. The first-order valence-corrected chi connectivity index (χ1v) is 11.1. The molecule has 0 unspecified atom stereocenters. The second-order valence-electron chi connectivity index (χ2n) is 5.73. The summed E-state index contributed by atoms with van der Waals surface area (Å²) in [6.45, 7) is 0.156. The first kappa shape index (κ1) is 19.2. The van der Waals surface area contributed by atoms with Crippen LogP contribution < -0.4 is 0 Å². The largest absolute Gasteiger partial charge is 0.315 e. The third kappa shape index (κ3) is 4.79. The first-order valence-electron chi connectivity index (χ1n) is 7.87. The van der Waals surface area contributed by atoms with Crippen LogP contribution in [0.5, 0.6) is 0 Å². The Morgan fingerprint density at radius 1 is 1.19 bits per heavy atom. The fourth-order valence-electron chi connectivity index (χ4n) is 2.55. The van der Waals surface area contributed by atoms with Crippen molar-refractivity contribution in [1.29, 1.82) is 0 Å². The van der Waals surface area contributed by atoms with Gasteiger partial charge in [0.1, 0.15) is 5.82 Å². The Morgan fingerprint density at radius 3 is 2.62 bits per heavy atom. The summed E-state index contributed by atoms with van der Waals surface area (Å²) in [6.07, 6.45) is 3.62. The molecule has 0 N–H and O–H groups in total. The lowest BCUT2D eigenvalue weighted by atomic mass is 10.2. The number of thioether (sulfide) groups is 1. The average Bonchev–Trinajstić information content (AvgIpc) is 2.92. The maximum atomic E-state index is 13.2. The highest BCUT2D eigenvalue weighted by molar-refractivity contribution is 7.99. The van der Waals surface area contributed by atoms with Crippen LogP contribution in [0.3, 0.4) is 0 Å². The van der Waals surface area contributed by atoms with Crippen molar-refractivity contribution in [2.24, 2.45) is 0 Å². The molecule has 1 aromatic heterocycles. The number of rotatable bonds is 7. The van der Waals surface area contributed by atoms with E-state index < -0.39 is 10.1 Å². The third-order valence-corrected chi connectivity index (χ3v) is 5.64. The van der Waals surface area contributed by atoms with Crippen molar-refractivity contribution in [1.82, 2.24) is 4.57 Å². The maximum absolute atomic E-state index is 13.2. The Morgan fingerprint density at radius 2 is 1.92 bits per heavy atom. The fourth-order valence-corrected chi connectivity index (χ4v) is 4.13. The zero-order valence-electron chi connectivity index (χ0n) is 14.0. The summed E-state index contributed by atoms with van der Waals surface area (Å²) < 4.78 is 41.9. The van der Waals surface area contributed by atoms with Crippen molar-refractivity contribution in [3.8, 4) is 5.69 Å². The van der Waals surface area contributed by atoms with Gasteiger partial charge in [0, 0.05) is 32.9 Å². The molecule has 0 bridgehead atoms. The molecule has 2 aromatic carbocycles. The van der Waals surface area contributed by atoms with Gasteiger partial charge in [-0.05, 0) is 48.9 Å². The second kappa shape index (κ2) is 8.00. The second-order valence-corrected chi connectivity index (χ2v) is 8.95. The van der Waals surface area contributed by atoms with E-state index in [4.69, 9.17) is 15.8 Å². The van der Waals surface area contributed by atoms with Crippen LogP contribution in [0.25, 0.3) is 16.6 Å². The van der Waals surface area contributed by atoms with Crippen LogP contribution in [0.4, 0.5) is 4.39 Å². The van der Waals surface area contributed by atoms with Crippen LogP contribution in [-0.4, -0.2) is 31.6 Å². The van der Waals surface area contributed by atoms with Gasteiger partial charge in [0.25, 0.3) is 10.1 Å². The highest BCUT2D eigenvalue weighted by Crippen LogP contribution is 2.34. The molecule has 3 aromatic rings. The number of benzene rings is 2. The van der Waals surface area contributed by atoms with Crippen LogP contribution in [0.2, 0.25) is 5.02 Å². The molecule has 0 atom stereocenters. The summed E-state index contributed by atoms with van der Waals surface area (Å²) in [4.78, 5) is 1.02. The Balaban J connectivity index is 1.83. The van der Waals surface area contributed by atoms with E-state index in [1.807, 2.05) is 29.0 Å². The van der Waals surface area contributed by atoms with E-state index in [0.29, 0.717) is 17.2 Å². The van der Waals surface area contributed by atoms with Gasteiger partial charge in [-0.3, -0.25) is 4.18 Å². The average molecular weight is 414 g/mol. The predicted octanol–water partition coefficient (Wildman–Crippen LogP) is 4.88. The Labute approximate surface area is 161 Å². The molecule has 0 spiro atoms. The molecular formula is C18H17ClFNO3S2. The Kier molecular flexibility index (Phi) is 5.92. The van der Waals surface area contributed by atoms with Gasteiger partial charge in [0.15, 0.2) is 0 Å². The van der Waals surface area contributed by atoms with Gasteiger partial charge in [-0.15, -0.1) is 11.8 Å². The molecule has 0 aliphatic rings. The summed E-state index contributed by atoms with van der Waals surface area (Å²) in [6, 6.07) is 11.9. The van der Waals surface area contributed by atoms with E-state index in [-0.39, 0.29) is 12.4 Å². The SMILES string of the molecule is CS(=O)(=O)OCCCSc1cn(-c2ccc(F)cc2)c2ccc(Cl)cc12. The van der Waals surface area contributed by atoms with Gasteiger partial charge < -0.3 is 4.57 Å². The van der Waals surface area contributed by atoms with E-state index in [1.54, 1.807) is 23.9 Å². The van der Waals surface area contributed by atoms with Crippen LogP contribution in [0.15, 0.2) is 53.6 Å². The molecule has 26 heavy (non-hydrogen) atoms. The van der Waals surface area contributed by atoms with Gasteiger partial charge in [0.2, 0.25) is 0 Å². The number of nitrogens with zero attached hydrogens (tertiary/aromatic N) is 1. The molecule has 0 amide bonds. The molecule has 0 saturated carbocycles. The molecule has 4 nitrogen and oxygen atoms in total. The van der Waals surface area contributed by atoms with E-state index in [2.05, 4.69) is 0 Å². The highest BCUT2D eigenvalue weighted by Gasteiger charge is 2.11. The molecule has 3 rings (SSSR count). The van der Waals surface area contributed by atoms with Crippen LogP contribution >= 0.6 is 23.4 Å². The zero-order valence-corrected chi connectivity index (χ0v) is 16.4. The zero-order chi connectivity index (χ0) is 18.7. The summed E-state index contributed by atoms with van der Waals surface area (Å²) in [5.41, 5.74) is 1.82. The topological polar surface area (TPSA) is 48.3 Å². The Hall–Kier alpha value is -1.54. The lowest BCUT2D eigenvalue weighted by Crippen LogP contribution is -2.04. The van der Waals surface area contributed by atoms with Crippen LogP contribution in [-0.2, 0) is 14.3 Å². The van der Waals surface area contributed by atoms with E-state index >= 15 is 0 Å². The van der Waals surface area contributed by atoms with Crippen LogP contribution in [0.1, 0.15) is 6.42 Å². The minimum atomic E-state index is -3.41. The predicted molar refractivity (Wildman–Crippen MR) is 104 cm³/mol. The smallest absolute Gasteiger partial charge is 0.264 e. The minimum absolute atomic E-state index is 0.156. The summed E-state index contributed by atoms with van der Waals surface area (Å²) in [5.74, 6) is 0.415. The van der Waals surface area contributed by atoms with Crippen molar-refractivity contribution in [3.63, 3.8) is 0 Å². The van der Waals surface area contributed by atoms with Crippen molar-refractivity contribution in [3.05, 3.63) is 59.5 Å². The van der Waals surface area contributed by atoms with Crippen molar-refractivity contribution in [2.75, 3.05) is 18.6 Å². The molecule has 1 heterocycles. The third-order valence-electron chi connectivity index (χ3n) is 3.68. The van der Waals surface area contributed by atoms with E-state index in [1.165, 1.54) is 12.1 Å². The van der Waals surface area contributed by atoms with E-state index in [9.17, 15) is 12.8 Å². The van der Waals surface area contributed by atoms with E-state index in [0.717, 1.165) is 27.7 Å². The Bertz CT molecular complexity index is 1020. The first-order chi connectivity index (χ1) is 12.3. The molecule has 0 aliphatic carbocycles. The number of hydrogen-bond donors (Lipinski definition) is 0. The van der Waals surface area contributed by atoms with Gasteiger partial charge >= 0.3 is 0 Å². The van der Waals surface area contributed by atoms with Crippen molar-refractivity contribution >= 4 is 44.4 Å². The summed E-state index contributed by atoms with van der Waals surface area (Å²) in [5, 5.41) is 1.63. The quantitative estimate of drug-likeness (QED) is 0.314. The van der Waals surface area contributed by atoms with Crippen LogP contribution in [0, 0.1) is 5.82 Å². The maximum Gasteiger partial charge on any atom is 0.264 e. The standard InChI is InChI=1S/C18H17ClFNO3S2/c1-26(22,23)24-9-2-10-25-18-12-21(15-6-4-14(20)5-7-15)17-8-3-13(19)11-16(17)18/h3-8,11-12H,2,9-10H2,1H3. The van der Waals surface area contributed by atoms with Crippen molar-refractivity contribution < 1.29 is 17.0 Å². The van der Waals surface area contributed by atoms with Gasteiger partial charge in [-0.25, -0.2) is 4.39 Å². The lowest BCUT2D eigenvalue weighted by molar-refractivity contribution is 0.323. The molecule has 0 radical (unpaired) electrons. The number of hydrogen-bond acceptors (Lipinski definition) is 4. The summed E-state index contributed by atoms with van der Waals surface area (Å²) in [7, 11) is -3.41. The highest BCUT2D eigenvalue weighted by atomic mass is 35.5. The monoisotopic (exact) mass is 413 g/mol. The van der Waals surface area contributed by atoms with Gasteiger partial charge in [0.05, 0.1) is 18.4 Å². The lowest BCUT2D eigenvalue weighted by Gasteiger charge is -2.05. The summed E-state index contributed by atoms with van der Waals surface area (Å²) >= 11 is 7.75. The van der Waals surface area contributed by atoms with Gasteiger partial charge in [-0.1, -0.05) is 11.6 Å². The molecule has 138 valence electrons. The van der Waals surface area contributed by atoms with Gasteiger partial charge in [-0.2, -0.15) is 8.42 Å². The van der Waals surface area contributed by atoms with Crippen molar-refractivity contribution in [2.45, 2.75) is 11.3 Å².